The van der Waals surface area contributed by atoms with Gasteiger partial charge in [0.2, 0.25) is 17.6 Å². The maximum absolute atomic E-state index is 12.2. The van der Waals surface area contributed by atoms with Crippen LogP contribution in [-0.4, -0.2) is 49.8 Å². The molecule has 1 aromatic carbocycles. The van der Waals surface area contributed by atoms with Crippen LogP contribution in [0.25, 0.3) is 11.5 Å². The first-order chi connectivity index (χ1) is 12.8. The van der Waals surface area contributed by atoms with Crippen molar-refractivity contribution in [3.8, 4) is 11.5 Å². The van der Waals surface area contributed by atoms with Crippen LogP contribution < -0.4 is 0 Å². The number of benzene rings is 1. The molecule has 1 fully saturated rings. The molecule has 3 heterocycles. The highest BCUT2D eigenvalue weighted by Gasteiger charge is 2.35. The van der Waals surface area contributed by atoms with Gasteiger partial charge in [-0.05, 0) is 12.1 Å². The maximum Gasteiger partial charge on any atom is 0.233 e. The van der Waals surface area contributed by atoms with E-state index in [0.717, 1.165) is 5.75 Å². The van der Waals surface area contributed by atoms with Crippen LogP contribution in [0, 0.1) is 0 Å². The van der Waals surface area contributed by atoms with Gasteiger partial charge in [-0.15, -0.1) is 11.8 Å². The van der Waals surface area contributed by atoms with E-state index < -0.39 is 0 Å². The van der Waals surface area contributed by atoms with E-state index in [0.29, 0.717) is 36.9 Å². The first kappa shape index (κ1) is 16.7. The summed E-state index contributed by atoms with van der Waals surface area (Å²) in [5, 5.41) is 3.95. The SMILES string of the molecule is O=C(CCSc1ccccc1)N1CC(c2nc(-c3cnccn3)no2)C1. The molecule has 8 heteroatoms. The lowest BCUT2D eigenvalue weighted by Gasteiger charge is -2.37. The quantitative estimate of drug-likeness (QED) is 0.619. The summed E-state index contributed by atoms with van der Waals surface area (Å²) in [7, 11) is 0. The normalized spacial score (nSPS) is 14.2. The number of hydrogen-bond donors (Lipinski definition) is 0. The smallest absolute Gasteiger partial charge is 0.233 e. The number of amides is 1. The molecule has 0 radical (unpaired) electrons. The van der Waals surface area contributed by atoms with Gasteiger partial charge in [-0.1, -0.05) is 23.4 Å². The minimum atomic E-state index is 0.0960. The number of carbonyl (C=O) groups excluding carboxylic acids is 1. The molecule has 1 saturated heterocycles. The summed E-state index contributed by atoms with van der Waals surface area (Å²) in [6.45, 7) is 1.24. The molecule has 0 saturated carbocycles. The number of hydrogen-bond acceptors (Lipinski definition) is 7. The Morgan fingerprint density at radius 1 is 1.23 bits per heavy atom. The van der Waals surface area contributed by atoms with E-state index in [1.54, 1.807) is 30.4 Å². The van der Waals surface area contributed by atoms with Crippen molar-refractivity contribution in [2.24, 2.45) is 0 Å². The number of likely N-dealkylation sites (tertiary alicyclic amines) is 1. The second kappa shape index (κ2) is 7.65. The Hall–Kier alpha value is -2.74. The van der Waals surface area contributed by atoms with Gasteiger partial charge in [-0.2, -0.15) is 4.98 Å². The molecule has 0 atom stereocenters. The summed E-state index contributed by atoms with van der Waals surface area (Å²) < 4.78 is 5.32. The van der Waals surface area contributed by atoms with Crippen LogP contribution in [0.2, 0.25) is 0 Å². The van der Waals surface area contributed by atoms with E-state index in [1.165, 1.54) is 4.90 Å². The molecule has 3 aromatic rings. The van der Waals surface area contributed by atoms with Gasteiger partial charge in [0.05, 0.1) is 12.1 Å². The molecule has 132 valence electrons. The third-order valence-electron chi connectivity index (χ3n) is 4.15. The highest BCUT2D eigenvalue weighted by molar-refractivity contribution is 7.99. The summed E-state index contributed by atoms with van der Waals surface area (Å²) in [6, 6.07) is 10.1. The molecule has 0 bridgehead atoms. The lowest BCUT2D eigenvalue weighted by Crippen LogP contribution is -2.48. The average molecular weight is 367 g/mol. The zero-order chi connectivity index (χ0) is 17.8. The number of nitrogens with zero attached hydrogens (tertiary/aromatic N) is 5. The molecule has 2 aromatic heterocycles. The standard InChI is InChI=1S/C18H17N5O2S/c24-16(6-9-26-14-4-2-1-3-5-14)23-11-13(12-23)18-21-17(22-25-18)15-10-19-7-8-20-15/h1-5,7-8,10,13H,6,9,11-12H2. The Bertz CT molecular complexity index is 866. The monoisotopic (exact) mass is 367 g/mol. The predicted molar refractivity (Wildman–Crippen MR) is 96.4 cm³/mol. The van der Waals surface area contributed by atoms with Crippen molar-refractivity contribution < 1.29 is 9.32 Å². The first-order valence-electron chi connectivity index (χ1n) is 8.35. The third-order valence-corrected chi connectivity index (χ3v) is 5.16. The highest BCUT2D eigenvalue weighted by Crippen LogP contribution is 2.28. The van der Waals surface area contributed by atoms with Crippen molar-refractivity contribution >= 4 is 17.7 Å². The largest absolute Gasteiger partial charge is 0.341 e. The number of rotatable bonds is 6. The van der Waals surface area contributed by atoms with Crippen molar-refractivity contribution in [3.05, 3.63) is 54.8 Å². The fraction of sp³-hybridized carbons (Fsp3) is 0.278. The van der Waals surface area contributed by atoms with Crippen molar-refractivity contribution in [3.63, 3.8) is 0 Å². The zero-order valence-electron chi connectivity index (χ0n) is 14.0. The summed E-state index contributed by atoms with van der Waals surface area (Å²) in [5.74, 6) is 2.02. The van der Waals surface area contributed by atoms with Crippen LogP contribution in [0.15, 0.2) is 58.3 Å². The van der Waals surface area contributed by atoms with Crippen LogP contribution >= 0.6 is 11.8 Å². The Morgan fingerprint density at radius 2 is 2.08 bits per heavy atom. The fourth-order valence-corrected chi connectivity index (χ4v) is 3.55. The minimum absolute atomic E-state index is 0.0960. The fourth-order valence-electron chi connectivity index (χ4n) is 2.69. The van der Waals surface area contributed by atoms with Gasteiger partial charge < -0.3 is 9.42 Å². The van der Waals surface area contributed by atoms with Gasteiger partial charge in [0.15, 0.2) is 0 Å². The van der Waals surface area contributed by atoms with Gasteiger partial charge in [0.1, 0.15) is 5.69 Å². The van der Waals surface area contributed by atoms with Gasteiger partial charge >= 0.3 is 0 Å². The average Bonchev–Trinajstić information content (AvgIpc) is 3.12. The number of thioether (sulfide) groups is 1. The van der Waals surface area contributed by atoms with Crippen LogP contribution in [0.1, 0.15) is 18.2 Å². The molecule has 4 rings (SSSR count). The summed E-state index contributed by atoms with van der Waals surface area (Å²) >= 11 is 1.70. The molecule has 0 aliphatic carbocycles. The molecule has 1 aliphatic heterocycles. The summed E-state index contributed by atoms with van der Waals surface area (Å²) in [4.78, 5) is 27.8. The summed E-state index contributed by atoms with van der Waals surface area (Å²) in [6.07, 6.45) is 5.30. The predicted octanol–water partition coefficient (Wildman–Crippen LogP) is 2.63. The molecule has 1 amide bonds. The lowest BCUT2D eigenvalue weighted by atomic mass is 10.00. The van der Waals surface area contributed by atoms with Gasteiger partial charge in [-0.3, -0.25) is 9.78 Å². The van der Waals surface area contributed by atoms with Gasteiger partial charge in [-0.25, -0.2) is 4.98 Å². The summed E-state index contributed by atoms with van der Waals surface area (Å²) in [5.41, 5.74) is 0.577. The Kier molecular flexibility index (Phi) is 4.92. The second-order valence-corrected chi connectivity index (χ2v) is 7.12. The Labute approximate surface area is 154 Å². The minimum Gasteiger partial charge on any atom is -0.341 e. The van der Waals surface area contributed by atoms with E-state index in [2.05, 4.69) is 32.2 Å². The maximum atomic E-state index is 12.2. The zero-order valence-corrected chi connectivity index (χ0v) is 14.8. The van der Waals surface area contributed by atoms with E-state index in [1.807, 2.05) is 23.1 Å². The van der Waals surface area contributed by atoms with Crippen molar-refractivity contribution in [1.82, 2.24) is 25.0 Å². The molecular weight excluding hydrogens is 350 g/mol. The topological polar surface area (TPSA) is 85.0 Å². The van der Waals surface area contributed by atoms with E-state index in [4.69, 9.17) is 4.52 Å². The van der Waals surface area contributed by atoms with E-state index in [-0.39, 0.29) is 11.8 Å². The second-order valence-electron chi connectivity index (χ2n) is 5.95. The molecule has 0 unspecified atom stereocenters. The number of aromatic nitrogens is 4. The Morgan fingerprint density at radius 3 is 2.85 bits per heavy atom. The lowest BCUT2D eigenvalue weighted by molar-refractivity contribution is -0.135. The van der Waals surface area contributed by atoms with Crippen molar-refractivity contribution in [1.29, 1.82) is 0 Å². The van der Waals surface area contributed by atoms with Crippen molar-refractivity contribution in [2.45, 2.75) is 17.2 Å². The first-order valence-corrected chi connectivity index (χ1v) is 9.34. The van der Waals surface area contributed by atoms with Crippen molar-refractivity contribution in [2.75, 3.05) is 18.8 Å². The van der Waals surface area contributed by atoms with Gasteiger partial charge in [0.25, 0.3) is 0 Å². The molecule has 0 N–H and O–H groups in total. The van der Waals surface area contributed by atoms with E-state index in [9.17, 15) is 4.79 Å². The highest BCUT2D eigenvalue weighted by atomic mass is 32.2. The van der Waals surface area contributed by atoms with Crippen LogP contribution in [-0.2, 0) is 4.79 Å². The number of carbonyl (C=O) groups is 1. The van der Waals surface area contributed by atoms with Crippen LogP contribution in [0.4, 0.5) is 0 Å². The Balaban J connectivity index is 1.25. The van der Waals surface area contributed by atoms with Crippen LogP contribution in [0.3, 0.4) is 0 Å². The molecule has 1 aliphatic rings. The molecule has 0 spiro atoms. The molecule has 7 nitrogen and oxygen atoms in total. The third kappa shape index (κ3) is 3.75. The molecule has 26 heavy (non-hydrogen) atoms. The van der Waals surface area contributed by atoms with E-state index >= 15 is 0 Å². The van der Waals surface area contributed by atoms with Gasteiger partial charge in [0, 0.05) is 42.6 Å². The molecular formula is C18H17N5O2S. The van der Waals surface area contributed by atoms with Crippen LogP contribution in [0.5, 0.6) is 0 Å².